The van der Waals surface area contributed by atoms with Gasteiger partial charge in [0.05, 0.1) is 0 Å². The van der Waals surface area contributed by atoms with Crippen molar-refractivity contribution in [3.63, 3.8) is 0 Å². The maximum atomic E-state index is 13.5. The van der Waals surface area contributed by atoms with Gasteiger partial charge in [0, 0.05) is 50.3 Å². The highest BCUT2D eigenvalue weighted by Crippen LogP contribution is 2.20. The molecule has 0 unspecified atom stereocenters. The standard InChI is InChI=1S/C23H34FN5O2/c1-23(2,3)31-22(30)29-11-8-16(9-12-29)14-28-21(25-4)26-10-7-17-15-27-20-6-5-18(24)13-19(17)20/h5-6,13,15-16,27H,7-12,14H2,1-4H3,(H2,25,26,28). The molecule has 7 nitrogen and oxygen atoms in total. The lowest BCUT2D eigenvalue weighted by molar-refractivity contribution is 0.0185. The first-order valence-corrected chi connectivity index (χ1v) is 10.9. The second kappa shape index (κ2) is 10.0. The number of fused-ring (bicyclic) bond motifs is 1. The van der Waals surface area contributed by atoms with Crippen molar-refractivity contribution >= 4 is 23.0 Å². The van der Waals surface area contributed by atoms with Crippen LogP contribution in [0, 0.1) is 11.7 Å². The summed E-state index contributed by atoms with van der Waals surface area (Å²) in [6.07, 6.45) is 4.33. The molecule has 1 fully saturated rings. The summed E-state index contributed by atoms with van der Waals surface area (Å²) in [7, 11) is 1.75. The zero-order valence-electron chi connectivity index (χ0n) is 18.9. The van der Waals surface area contributed by atoms with Gasteiger partial charge >= 0.3 is 6.09 Å². The number of hydrogen-bond acceptors (Lipinski definition) is 3. The van der Waals surface area contributed by atoms with E-state index in [0.29, 0.717) is 25.6 Å². The number of ether oxygens (including phenoxy) is 1. The Morgan fingerprint density at radius 3 is 2.71 bits per heavy atom. The van der Waals surface area contributed by atoms with Crippen molar-refractivity contribution < 1.29 is 13.9 Å². The van der Waals surface area contributed by atoms with E-state index in [1.807, 2.05) is 27.0 Å². The van der Waals surface area contributed by atoms with Crippen molar-refractivity contribution in [3.05, 3.63) is 35.8 Å². The fourth-order valence-corrected chi connectivity index (χ4v) is 3.78. The number of nitrogens with one attached hydrogen (secondary N) is 3. The van der Waals surface area contributed by atoms with Crippen LogP contribution in [0.4, 0.5) is 9.18 Å². The fourth-order valence-electron chi connectivity index (χ4n) is 3.78. The van der Waals surface area contributed by atoms with Crippen LogP contribution in [0.3, 0.4) is 0 Å². The molecule has 1 aromatic carbocycles. The molecule has 2 heterocycles. The smallest absolute Gasteiger partial charge is 0.410 e. The van der Waals surface area contributed by atoms with Gasteiger partial charge in [-0.15, -0.1) is 0 Å². The van der Waals surface area contributed by atoms with E-state index in [2.05, 4.69) is 20.6 Å². The van der Waals surface area contributed by atoms with Crippen molar-refractivity contribution in [2.75, 3.05) is 33.2 Å². The molecule has 1 aliphatic heterocycles. The third-order valence-electron chi connectivity index (χ3n) is 5.46. The lowest BCUT2D eigenvalue weighted by Crippen LogP contribution is -2.45. The first kappa shape index (κ1) is 22.9. The van der Waals surface area contributed by atoms with Crippen LogP contribution >= 0.6 is 0 Å². The molecule has 170 valence electrons. The van der Waals surface area contributed by atoms with E-state index >= 15 is 0 Å². The van der Waals surface area contributed by atoms with Crippen molar-refractivity contribution in [2.45, 2.75) is 45.6 Å². The van der Waals surface area contributed by atoms with Gasteiger partial charge in [-0.3, -0.25) is 4.99 Å². The Morgan fingerprint density at radius 2 is 2.03 bits per heavy atom. The van der Waals surface area contributed by atoms with Crippen LogP contribution in [0.2, 0.25) is 0 Å². The second-order valence-electron chi connectivity index (χ2n) is 9.04. The molecule has 0 atom stereocenters. The molecule has 0 radical (unpaired) electrons. The molecule has 0 spiro atoms. The van der Waals surface area contributed by atoms with Gasteiger partial charge in [-0.05, 0) is 69.7 Å². The number of halogens is 1. The fraction of sp³-hybridized carbons (Fsp3) is 0.565. The molecule has 1 saturated heterocycles. The maximum absolute atomic E-state index is 13.5. The van der Waals surface area contributed by atoms with Crippen LogP contribution in [-0.4, -0.2) is 60.8 Å². The summed E-state index contributed by atoms with van der Waals surface area (Å²) in [6, 6.07) is 4.79. The van der Waals surface area contributed by atoms with Gasteiger partial charge < -0.3 is 25.3 Å². The molecule has 1 aliphatic rings. The van der Waals surface area contributed by atoms with Crippen LogP contribution in [0.25, 0.3) is 10.9 Å². The summed E-state index contributed by atoms with van der Waals surface area (Å²) in [5, 5.41) is 7.63. The molecule has 0 bridgehead atoms. The molecular weight excluding hydrogens is 397 g/mol. The number of guanidine groups is 1. The van der Waals surface area contributed by atoms with E-state index in [-0.39, 0.29) is 11.9 Å². The largest absolute Gasteiger partial charge is 0.444 e. The number of nitrogens with zero attached hydrogens (tertiary/aromatic N) is 2. The van der Waals surface area contributed by atoms with E-state index in [1.165, 1.54) is 6.07 Å². The zero-order chi connectivity index (χ0) is 22.4. The van der Waals surface area contributed by atoms with Crippen LogP contribution < -0.4 is 10.6 Å². The predicted molar refractivity (Wildman–Crippen MR) is 122 cm³/mol. The Kier molecular flexibility index (Phi) is 7.41. The van der Waals surface area contributed by atoms with Gasteiger partial charge in [-0.1, -0.05) is 0 Å². The number of carbonyl (C=O) groups excluding carboxylic acids is 1. The van der Waals surface area contributed by atoms with Gasteiger partial charge in [0.15, 0.2) is 5.96 Å². The van der Waals surface area contributed by atoms with E-state index in [4.69, 9.17) is 4.74 Å². The van der Waals surface area contributed by atoms with E-state index in [9.17, 15) is 9.18 Å². The number of benzene rings is 1. The summed E-state index contributed by atoms with van der Waals surface area (Å²) in [5.41, 5.74) is 1.55. The minimum Gasteiger partial charge on any atom is -0.444 e. The number of hydrogen-bond donors (Lipinski definition) is 3. The topological polar surface area (TPSA) is 81.8 Å². The molecule has 0 aliphatic carbocycles. The number of carbonyl (C=O) groups is 1. The number of aromatic nitrogens is 1. The molecule has 3 rings (SSSR count). The summed E-state index contributed by atoms with van der Waals surface area (Å²) < 4.78 is 19.0. The van der Waals surface area contributed by atoms with Gasteiger partial charge in [0.2, 0.25) is 0 Å². The number of rotatable bonds is 5. The molecule has 31 heavy (non-hydrogen) atoms. The molecule has 8 heteroatoms. The highest BCUT2D eigenvalue weighted by atomic mass is 19.1. The Hall–Kier alpha value is -2.77. The minimum absolute atomic E-state index is 0.225. The van der Waals surface area contributed by atoms with E-state index in [1.54, 1.807) is 24.1 Å². The Morgan fingerprint density at radius 1 is 1.29 bits per heavy atom. The van der Waals surface area contributed by atoms with Crippen molar-refractivity contribution in [1.82, 2.24) is 20.5 Å². The monoisotopic (exact) mass is 431 g/mol. The van der Waals surface area contributed by atoms with Crippen molar-refractivity contribution in [1.29, 1.82) is 0 Å². The predicted octanol–water partition coefficient (Wildman–Crippen LogP) is 3.66. The summed E-state index contributed by atoms with van der Waals surface area (Å²) in [5.74, 6) is 1.01. The molecule has 2 aromatic rings. The quantitative estimate of drug-likeness (QED) is 0.498. The Labute approximate surface area is 183 Å². The summed E-state index contributed by atoms with van der Waals surface area (Å²) in [4.78, 5) is 21.5. The normalized spacial score (nSPS) is 15.9. The molecule has 1 aromatic heterocycles. The van der Waals surface area contributed by atoms with Gasteiger partial charge in [0.1, 0.15) is 11.4 Å². The third kappa shape index (κ3) is 6.60. The number of H-pyrrole nitrogens is 1. The zero-order valence-corrected chi connectivity index (χ0v) is 18.9. The van der Waals surface area contributed by atoms with Gasteiger partial charge in [-0.25, -0.2) is 9.18 Å². The first-order valence-electron chi connectivity index (χ1n) is 10.9. The SMILES string of the molecule is CN=C(NCCc1c[nH]c2ccc(F)cc12)NCC1CCN(C(=O)OC(C)(C)C)CC1. The average molecular weight is 432 g/mol. The number of aromatic amines is 1. The highest BCUT2D eigenvalue weighted by Gasteiger charge is 2.26. The second-order valence-corrected chi connectivity index (χ2v) is 9.04. The Bertz CT molecular complexity index is 910. The average Bonchev–Trinajstić information content (AvgIpc) is 3.11. The van der Waals surface area contributed by atoms with E-state index in [0.717, 1.165) is 48.2 Å². The highest BCUT2D eigenvalue weighted by molar-refractivity contribution is 5.83. The number of likely N-dealkylation sites (tertiary alicyclic amines) is 1. The summed E-state index contributed by atoms with van der Waals surface area (Å²) in [6.45, 7) is 8.58. The van der Waals surface area contributed by atoms with Crippen LogP contribution in [0.1, 0.15) is 39.2 Å². The van der Waals surface area contributed by atoms with Crippen LogP contribution in [-0.2, 0) is 11.2 Å². The van der Waals surface area contributed by atoms with Crippen LogP contribution in [0.15, 0.2) is 29.4 Å². The maximum Gasteiger partial charge on any atom is 0.410 e. The lowest BCUT2D eigenvalue weighted by Gasteiger charge is -2.33. The van der Waals surface area contributed by atoms with Crippen molar-refractivity contribution in [2.24, 2.45) is 10.9 Å². The molecule has 0 saturated carbocycles. The molecular formula is C23H34FN5O2. The number of piperidine rings is 1. The number of amides is 1. The number of aliphatic imine (C=N–C) groups is 1. The van der Waals surface area contributed by atoms with Gasteiger partial charge in [0.25, 0.3) is 0 Å². The lowest BCUT2D eigenvalue weighted by atomic mass is 9.97. The third-order valence-corrected chi connectivity index (χ3v) is 5.46. The van der Waals surface area contributed by atoms with E-state index < -0.39 is 5.60 Å². The molecule has 3 N–H and O–H groups in total. The summed E-state index contributed by atoms with van der Waals surface area (Å²) >= 11 is 0. The first-order chi connectivity index (χ1) is 14.7. The van der Waals surface area contributed by atoms with Crippen molar-refractivity contribution in [3.8, 4) is 0 Å². The minimum atomic E-state index is -0.464. The molecule has 1 amide bonds. The van der Waals surface area contributed by atoms with Crippen LogP contribution in [0.5, 0.6) is 0 Å². The Balaban J connectivity index is 1.39. The van der Waals surface area contributed by atoms with Gasteiger partial charge in [-0.2, -0.15) is 0 Å².